The number of aliphatic hydroxyl groups is 1. The van der Waals surface area contributed by atoms with E-state index in [9.17, 15) is 4.79 Å². The maximum absolute atomic E-state index is 9.92. The third-order valence-electron chi connectivity index (χ3n) is 0.477. The van der Waals surface area contributed by atoms with Gasteiger partial charge in [0, 0.05) is 0 Å². The molecule has 0 aliphatic heterocycles. The predicted molar refractivity (Wildman–Crippen MR) is 22.0 cm³/mol. The zero-order valence-electron chi connectivity index (χ0n) is 3.92. The van der Waals surface area contributed by atoms with Crippen LogP contribution in [0.3, 0.4) is 0 Å². The van der Waals surface area contributed by atoms with Crippen molar-refractivity contribution in [1.29, 1.82) is 0 Å². The smallest absolute Gasteiger partial charge is 0.233 e. The van der Waals surface area contributed by atoms with Crippen molar-refractivity contribution in [2.45, 2.75) is 13.2 Å². The zero-order chi connectivity index (χ0) is 5.86. The standard InChI is InChI=1S/C3H7NO3/c1-2(5)3(6)7-4/h3,6H,4H2,1H3/t3-/m1/s1. The van der Waals surface area contributed by atoms with E-state index in [1.165, 1.54) is 6.92 Å². The molecule has 1 atom stereocenters. The fourth-order valence-corrected chi connectivity index (χ4v) is 0.0958. The Hall–Kier alpha value is -0.450. The summed E-state index contributed by atoms with van der Waals surface area (Å²) in [5.41, 5.74) is 0. The van der Waals surface area contributed by atoms with Crippen LogP contribution in [0.4, 0.5) is 0 Å². The van der Waals surface area contributed by atoms with Crippen molar-refractivity contribution in [2.24, 2.45) is 5.90 Å². The van der Waals surface area contributed by atoms with E-state index in [1.807, 2.05) is 0 Å². The average molecular weight is 105 g/mol. The van der Waals surface area contributed by atoms with Crippen LogP contribution in [0.25, 0.3) is 0 Å². The molecule has 4 nitrogen and oxygen atoms in total. The normalized spacial score (nSPS) is 13.6. The maximum atomic E-state index is 9.92. The van der Waals surface area contributed by atoms with Gasteiger partial charge in [0.25, 0.3) is 0 Å². The molecule has 3 N–H and O–H groups in total. The zero-order valence-corrected chi connectivity index (χ0v) is 3.92. The van der Waals surface area contributed by atoms with E-state index in [0.717, 1.165) is 0 Å². The van der Waals surface area contributed by atoms with Crippen LogP contribution in [0.5, 0.6) is 0 Å². The lowest BCUT2D eigenvalue weighted by Crippen LogP contribution is -2.23. The fraction of sp³-hybridized carbons (Fsp3) is 0.667. The number of hydrogen-bond acceptors (Lipinski definition) is 4. The highest BCUT2D eigenvalue weighted by molar-refractivity contribution is 5.78. The first-order valence-electron chi connectivity index (χ1n) is 1.72. The van der Waals surface area contributed by atoms with Gasteiger partial charge in [-0.25, -0.2) is 5.90 Å². The van der Waals surface area contributed by atoms with Gasteiger partial charge in [-0.1, -0.05) is 0 Å². The molecule has 4 heteroatoms. The number of nitrogens with two attached hydrogens (primary N) is 1. The van der Waals surface area contributed by atoms with Crippen molar-refractivity contribution in [3.05, 3.63) is 0 Å². The van der Waals surface area contributed by atoms with Crippen molar-refractivity contribution in [3.8, 4) is 0 Å². The predicted octanol–water partition coefficient (Wildman–Crippen LogP) is -1.22. The largest absolute Gasteiger partial charge is 0.361 e. The number of rotatable bonds is 2. The summed E-state index contributed by atoms with van der Waals surface area (Å²) < 4.78 is 0. The number of carbonyl (C=O) groups excluding carboxylic acids is 1. The van der Waals surface area contributed by atoms with Crippen LogP contribution in [0.1, 0.15) is 6.92 Å². The molecule has 0 saturated heterocycles. The second-order valence-corrected chi connectivity index (χ2v) is 1.10. The lowest BCUT2D eigenvalue weighted by molar-refractivity contribution is -0.154. The van der Waals surface area contributed by atoms with Crippen molar-refractivity contribution in [3.63, 3.8) is 0 Å². The van der Waals surface area contributed by atoms with E-state index in [1.54, 1.807) is 0 Å². The number of Topliss-reactive ketones (excluding diaryl/α,β-unsaturated/α-hetero) is 1. The molecule has 0 rings (SSSR count). The highest BCUT2D eigenvalue weighted by atomic mass is 16.7. The van der Waals surface area contributed by atoms with Crippen molar-refractivity contribution < 1.29 is 14.7 Å². The van der Waals surface area contributed by atoms with E-state index in [2.05, 4.69) is 10.7 Å². The number of aliphatic hydroxyl groups excluding tert-OH is 1. The Balaban J connectivity index is 3.34. The van der Waals surface area contributed by atoms with Gasteiger partial charge in [-0.15, -0.1) is 0 Å². The Morgan fingerprint density at radius 1 is 2.00 bits per heavy atom. The molecule has 42 valence electrons. The fourth-order valence-electron chi connectivity index (χ4n) is 0.0958. The number of hydrogen-bond donors (Lipinski definition) is 2. The highest BCUT2D eigenvalue weighted by Crippen LogP contribution is 1.79. The molecule has 0 spiro atoms. The summed E-state index contributed by atoms with van der Waals surface area (Å²) in [5, 5.41) is 8.24. The van der Waals surface area contributed by atoms with Crippen LogP contribution in [-0.2, 0) is 9.63 Å². The summed E-state index contributed by atoms with van der Waals surface area (Å²) in [4.78, 5) is 13.6. The Bertz CT molecular complexity index is 72.6. The van der Waals surface area contributed by atoms with Gasteiger partial charge in [-0.2, -0.15) is 0 Å². The third-order valence-corrected chi connectivity index (χ3v) is 0.477. The van der Waals surface area contributed by atoms with Gasteiger partial charge in [0.1, 0.15) is 0 Å². The van der Waals surface area contributed by atoms with E-state index in [-0.39, 0.29) is 0 Å². The molecule has 0 fully saturated rings. The number of ketones is 1. The SMILES string of the molecule is CC(=O)[C@H](O)ON. The second-order valence-electron chi connectivity index (χ2n) is 1.10. The average Bonchev–Trinajstić information content (AvgIpc) is 1.65. The molecule has 0 radical (unpaired) electrons. The Morgan fingerprint density at radius 3 is 2.43 bits per heavy atom. The molecule has 0 aromatic rings. The van der Waals surface area contributed by atoms with Gasteiger partial charge in [0.15, 0.2) is 5.78 Å². The van der Waals surface area contributed by atoms with Crippen LogP contribution in [-0.4, -0.2) is 17.2 Å². The highest BCUT2D eigenvalue weighted by Gasteiger charge is 2.05. The number of carbonyl (C=O) groups is 1. The van der Waals surface area contributed by atoms with Crippen LogP contribution in [0, 0.1) is 0 Å². The summed E-state index contributed by atoms with van der Waals surface area (Å²) in [6.07, 6.45) is -1.46. The quantitative estimate of drug-likeness (QED) is 0.341. The first-order chi connectivity index (χ1) is 3.18. The first-order valence-corrected chi connectivity index (χ1v) is 1.72. The summed E-state index contributed by atoms with van der Waals surface area (Å²) >= 11 is 0. The van der Waals surface area contributed by atoms with Crippen molar-refractivity contribution in [2.75, 3.05) is 0 Å². The van der Waals surface area contributed by atoms with E-state index in [4.69, 9.17) is 5.11 Å². The second kappa shape index (κ2) is 2.68. The van der Waals surface area contributed by atoms with Gasteiger partial charge in [0.05, 0.1) is 0 Å². The molecule has 0 aromatic heterocycles. The van der Waals surface area contributed by atoms with Gasteiger partial charge in [0.2, 0.25) is 6.29 Å². The summed E-state index contributed by atoms with van der Waals surface area (Å²) in [6.45, 7) is 1.18. The van der Waals surface area contributed by atoms with Gasteiger partial charge >= 0.3 is 0 Å². The molecular formula is C3H7NO3. The van der Waals surface area contributed by atoms with Crippen LogP contribution < -0.4 is 5.90 Å². The maximum Gasteiger partial charge on any atom is 0.233 e. The van der Waals surface area contributed by atoms with E-state index >= 15 is 0 Å². The molecule has 0 saturated carbocycles. The molecule has 0 amide bonds. The monoisotopic (exact) mass is 105 g/mol. The summed E-state index contributed by atoms with van der Waals surface area (Å²) in [5.74, 6) is 3.90. The van der Waals surface area contributed by atoms with Gasteiger partial charge in [-0.3, -0.25) is 9.63 Å². The molecule has 0 heterocycles. The van der Waals surface area contributed by atoms with Gasteiger partial charge < -0.3 is 5.11 Å². The Labute approximate surface area is 40.8 Å². The summed E-state index contributed by atoms with van der Waals surface area (Å²) in [6, 6.07) is 0. The minimum Gasteiger partial charge on any atom is -0.361 e. The van der Waals surface area contributed by atoms with Crippen LogP contribution in [0.2, 0.25) is 0 Å². The Morgan fingerprint density at radius 2 is 2.43 bits per heavy atom. The molecular weight excluding hydrogens is 98.0 g/mol. The lowest BCUT2D eigenvalue weighted by Gasteiger charge is -1.98. The molecule has 0 aliphatic carbocycles. The molecule has 0 bridgehead atoms. The third kappa shape index (κ3) is 2.27. The van der Waals surface area contributed by atoms with Crippen molar-refractivity contribution in [1.82, 2.24) is 0 Å². The molecule has 0 aliphatic rings. The topological polar surface area (TPSA) is 72.5 Å². The molecule has 0 aromatic carbocycles. The van der Waals surface area contributed by atoms with Crippen LogP contribution >= 0.6 is 0 Å². The lowest BCUT2D eigenvalue weighted by atomic mass is 10.4. The minimum absolute atomic E-state index is 0.498. The molecule has 7 heavy (non-hydrogen) atoms. The molecule has 0 unspecified atom stereocenters. The first kappa shape index (κ1) is 6.55. The minimum atomic E-state index is -1.46. The van der Waals surface area contributed by atoms with Crippen molar-refractivity contribution >= 4 is 5.78 Å². The Kier molecular flexibility index (Phi) is 2.51. The van der Waals surface area contributed by atoms with E-state index in [0.29, 0.717) is 0 Å². The van der Waals surface area contributed by atoms with E-state index < -0.39 is 12.1 Å². The summed E-state index contributed by atoms with van der Waals surface area (Å²) in [7, 11) is 0. The van der Waals surface area contributed by atoms with Gasteiger partial charge in [-0.05, 0) is 6.92 Å². The van der Waals surface area contributed by atoms with Crippen LogP contribution in [0.15, 0.2) is 0 Å².